The fraction of sp³-hybridized carbons (Fsp3) is 0.200. The molecule has 0 atom stereocenters. The van der Waals surface area contributed by atoms with Gasteiger partial charge in [-0.05, 0) is 36.2 Å². The number of hydrogen-bond acceptors (Lipinski definition) is 8. The Morgan fingerprint density at radius 2 is 1.89 bits per heavy atom. The topological polar surface area (TPSA) is 131 Å². The molecule has 0 aliphatic heterocycles. The third-order valence-electron chi connectivity index (χ3n) is 4.99. The number of amides is 3. The smallest absolute Gasteiger partial charge is 0.321 e. The van der Waals surface area contributed by atoms with Gasteiger partial charge < -0.3 is 21.1 Å². The zero-order valence-electron chi connectivity index (χ0n) is 20.0. The molecule has 0 spiro atoms. The van der Waals surface area contributed by atoms with E-state index in [1.807, 2.05) is 43.5 Å². The van der Waals surface area contributed by atoms with Crippen LogP contribution in [-0.2, 0) is 0 Å². The number of rotatable bonds is 8. The second kappa shape index (κ2) is 11.2. The molecule has 11 heteroatoms. The Morgan fingerprint density at radius 1 is 1.08 bits per heavy atom. The SMILES string of the molecule is COc1cccc(C(=O)Nc2cccc(-c3csc(-c4sc(NC(=O)NCC(C)C)nc4N)n3)c2)c1. The largest absolute Gasteiger partial charge is 0.497 e. The van der Waals surface area contributed by atoms with E-state index in [0.717, 1.165) is 11.3 Å². The first-order chi connectivity index (χ1) is 17.3. The molecule has 0 saturated heterocycles. The van der Waals surface area contributed by atoms with Crippen molar-refractivity contribution in [2.75, 3.05) is 30.0 Å². The molecule has 2 aromatic heterocycles. The molecule has 2 heterocycles. The molecule has 5 N–H and O–H groups in total. The van der Waals surface area contributed by atoms with Crippen LogP contribution in [0.2, 0.25) is 0 Å². The maximum atomic E-state index is 12.7. The molecule has 3 amide bonds. The molecule has 9 nitrogen and oxygen atoms in total. The van der Waals surface area contributed by atoms with Crippen molar-refractivity contribution in [3.05, 3.63) is 59.5 Å². The third-order valence-corrected chi connectivity index (χ3v) is 6.97. The molecular formula is C25H26N6O3S2. The van der Waals surface area contributed by atoms with Crippen LogP contribution in [0.25, 0.3) is 21.1 Å². The minimum absolute atomic E-state index is 0.236. The van der Waals surface area contributed by atoms with E-state index in [9.17, 15) is 9.59 Å². The number of carbonyl (C=O) groups excluding carboxylic acids is 2. The first kappa shape index (κ1) is 25.1. The number of methoxy groups -OCH3 is 1. The van der Waals surface area contributed by atoms with E-state index in [1.165, 1.54) is 22.7 Å². The summed E-state index contributed by atoms with van der Waals surface area (Å²) in [4.78, 5) is 34.4. The number of aromatic nitrogens is 2. The zero-order valence-corrected chi connectivity index (χ0v) is 21.6. The summed E-state index contributed by atoms with van der Waals surface area (Å²) >= 11 is 2.70. The van der Waals surface area contributed by atoms with E-state index in [1.54, 1.807) is 31.4 Å². The number of hydrogen-bond donors (Lipinski definition) is 4. The Labute approximate surface area is 216 Å². The Morgan fingerprint density at radius 3 is 2.67 bits per heavy atom. The van der Waals surface area contributed by atoms with Crippen molar-refractivity contribution in [2.24, 2.45) is 5.92 Å². The second-order valence-electron chi connectivity index (χ2n) is 8.27. The number of nitrogens with two attached hydrogens (primary N) is 1. The Hall–Kier alpha value is -3.96. The zero-order chi connectivity index (χ0) is 25.7. The fourth-order valence-electron chi connectivity index (χ4n) is 3.21. The summed E-state index contributed by atoms with van der Waals surface area (Å²) < 4.78 is 5.20. The van der Waals surface area contributed by atoms with Gasteiger partial charge in [0.2, 0.25) is 0 Å². The first-order valence-corrected chi connectivity index (χ1v) is 12.8. The van der Waals surface area contributed by atoms with Crippen molar-refractivity contribution in [3.8, 4) is 26.9 Å². The van der Waals surface area contributed by atoms with E-state index in [-0.39, 0.29) is 11.9 Å². The predicted octanol–water partition coefficient (Wildman–Crippen LogP) is 5.55. The molecule has 4 rings (SSSR count). The van der Waals surface area contributed by atoms with Gasteiger partial charge in [0.15, 0.2) is 5.13 Å². The van der Waals surface area contributed by atoms with Crippen LogP contribution in [-0.4, -0.2) is 35.6 Å². The van der Waals surface area contributed by atoms with Crippen molar-refractivity contribution < 1.29 is 14.3 Å². The highest BCUT2D eigenvalue weighted by molar-refractivity contribution is 7.23. The Bertz CT molecular complexity index is 1380. The van der Waals surface area contributed by atoms with E-state index in [4.69, 9.17) is 15.5 Å². The molecule has 0 bridgehead atoms. The number of nitrogens with zero attached hydrogens (tertiary/aromatic N) is 2. The number of nitrogens with one attached hydrogen (secondary N) is 3. The number of benzene rings is 2. The molecule has 36 heavy (non-hydrogen) atoms. The van der Waals surface area contributed by atoms with Crippen LogP contribution >= 0.6 is 22.7 Å². The molecule has 0 radical (unpaired) electrons. The van der Waals surface area contributed by atoms with Gasteiger partial charge in [0, 0.05) is 28.7 Å². The molecule has 2 aromatic carbocycles. The number of anilines is 3. The normalized spacial score (nSPS) is 10.8. The predicted molar refractivity (Wildman–Crippen MR) is 146 cm³/mol. The summed E-state index contributed by atoms with van der Waals surface area (Å²) in [5.41, 5.74) is 8.84. The molecule has 0 aliphatic rings. The maximum absolute atomic E-state index is 12.7. The maximum Gasteiger partial charge on any atom is 0.321 e. The molecule has 0 saturated carbocycles. The standard InChI is InChI=1S/C25H26N6O3S2/c1-14(2)12-27-24(33)31-25-30-21(26)20(36-25)23-29-19(13-35-23)15-6-4-8-17(10-15)28-22(32)16-7-5-9-18(11-16)34-3/h4-11,13-14H,12,26H2,1-3H3,(H,28,32)(H2,27,30,31,33). The third kappa shape index (κ3) is 6.18. The van der Waals surface area contributed by atoms with Gasteiger partial charge >= 0.3 is 6.03 Å². The van der Waals surface area contributed by atoms with Crippen molar-refractivity contribution in [3.63, 3.8) is 0 Å². The molecule has 0 aliphatic carbocycles. The molecule has 186 valence electrons. The summed E-state index contributed by atoms with van der Waals surface area (Å²) in [6, 6.07) is 14.1. The highest BCUT2D eigenvalue weighted by Gasteiger charge is 2.17. The molecular weight excluding hydrogens is 496 g/mol. The number of urea groups is 1. The minimum atomic E-state index is -0.323. The summed E-state index contributed by atoms with van der Waals surface area (Å²) in [6.45, 7) is 4.60. The minimum Gasteiger partial charge on any atom is -0.497 e. The van der Waals surface area contributed by atoms with Gasteiger partial charge in [-0.3, -0.25) is 10.1 Å². The van der Waals surface area contributed by atoms with Gasteiger partial charge in [-0.1, -0.05) is 43.4 Å². The quantitative estimate of drug-likeness (QED) is 0.240. The van der Waals surface area contributed by atoms with Gasteiger partial charge in [-0.2, -0.15) is 0 Å². The van der Waals surface area contributed by atoms with E-state index < -0.39 is 0 Å². The van der Waals surface area contributed by atoms with Crippen molar-refractivity contribution in [2.45, 2.75) is 13.8 Å². The van der Waals surface area contributed by atoms with E-state index in [2.05, 4.69) is 20.9 Å². The van der Waals surface area contributed by atoms with Crippen LogP contribution in [0.4, 0.5) is 21.4 Å². The summed E-state index contributed by atoms with van der Waals surface area (Å²) in [6.07, 6.45) is 0. The van der Waals surface area contributed by atoms with Crippen LogP contribution in [0.5, 0.6) is 5.75 Å². The summed E-state index contributed by atoms with van der Waals surface area (Å²) in [5, 5.41) is 11.4. The second-order valence-corrected chi connectivity index (χ2v) is 10.1. The lowest BCUT2D eigenvalue weighted by molar-refractivity contribution is 0.102. The lowest BCUT2D eigenvalue weighted by Gasteiger charge is -2.08. The van der Waals surface area contributed by atoms with Crippen LogP contribution in [0.1, 0.15) is 24.2 Å². The average molecular weight is 523 g/mol. The van der Waals surface area contributed by atoms with Gasteiger partial charge in [-0.25, -0.2) is 14.8 Å². The summed E-state index contributed by atoms with van der Waals surface area (Å²) in [7, 11) is 1.56. The fourth-order valence-corrected chi connectivity index (χ4v) is 5.02. The number of ether oxygens (including phenoxy) is 1. The van der Waals surface area contributed by atoms with Crippen LogP contribution < -0.4 is 26.4 Å². The monoisotopic (exact) mass is 522 g/mol. The van der Waals surface area contributed by atoms with Crippen LogP contribution in [0, 0.1) is 5.92 Å². The van der Waals surface area contributed by atoms with Crippen molar-refractivity contribution >= 4 is 51.2 Å². The highest BCUT2D eigenvalue weighted by Crippen LogP contribution is 2.38. The van der Waals surface area contributed by atoms with Crippen molar-refractivity contribution in [1.82, 2.24) is 15.3 Å². The first-order valence-electron chi connectivity index (χ1n) is 11.1. The Balaban J connectivity index is 1.47. The molecule has 0 unspecified atom stereocenters. The molecule has 4 aromatic rings. The average Bonchev–Trinajstić information content (AvgIpc) is 3.49. The number of nitrogen functional groups attached to an aromatic ring is 1. The number of carbonyl (C=O) groups is 2. The summed E-state index contributed by atoms with van der Waals surface area (Å²) in [5.74, 6) is 1.03. The van der Waals surface area contributed by atoms with Gasteiger partial charge in [0.05, 0.1) is 12.8 Å². The van der Waals surface area contributed by atoms with Gasteiger partial charge in [-0.15, -0.1) is 11.3 Å². The number of thiazole rings is 2. The highest BCUT2D eigenvalue weighted by atomic mass is 32.1. The van der Waals surface area contributed by atoms with Gasteiger partial charge in [0.25, 0.3) is 5.91 Å². The molecule has 0 fully saturated rings. The van der Waals surface area contributed by atoms with E-state index in [0.29, 0.717) is 50.3 Å². The lowest BCUT2D eigenvalue weighted by atomic mass is 10.1. The lowest BCUT2D eigenvalue weighted by Crippen LogP contribution is -2.31. The van der Waals surface area contributed by atoms with E-state index >= 15 is 0 Å². The van der Waals surface area contributed by atoms with Crippen LogP contribution in [0.3, 0.4) is 0 Å². The van der Waals surface area contributed by atoms with Crippen molar-refractivity contribution in [1.29, 1.82) is 0 Å². The Kier molecular flexibility index (Phi) is 7.81. The van der Waals surface area contributed by atoms with Crippen LogP contribution in [0.15, 0.2) is 53.9 Å². The van der Waals surface area contributed by atoms with Gasteiger partial charge in [0.1, 0.15) is 21.5 Å².